The number of aryl methyl sites for hydroxylation is 1. The van der Waals surface area contributed by atoms with Crippen molar-refractivity contribution < 1.29 is 14.6 Å². The fourth-order valence-corrected chi connectivity index (χ4v) is 3.42. The lowest BCUT2D eigenvalue weighted by Gasteiger charge is -2.45. The van der Waals surface area contributed by atoms with Crippen molar-refractivity contribution in [1.82, 2.24) is 14.7 Å². The second kappa shape index (κ2) is 5.46. The number of nitrogens with zero attached hydrogens (tertiary/aromatic N) is 3. The summed E-state index contributed by atoms with van der Waals surface area (Å²) in [6.45, 7) is 4.23. The number of ether oxygens (including phenoxy) is 1. The molecule has 2 heterocycles. The second-order valence-electron chi connectivity index (χ2n) is 6.66. The molecule has 1 saturated heterocycles. The molecule has 22 heavy (non-hydrogen) atoms. The third kappa shape index (κ3) is 2.65. The summed E-state index contributed by atoms with van der Waals surface area (Å²) in [5.41, 5.74) is 0.419. The fourth-order valence-electron chi connectivity index (χ4n) is 3.42. The number of nitrogens with one attached hydrogen (secondary N) is 1. The molecule has 2 N–H and O–H groups in total. The van der Waals surface area contributed by atoms with Crippen molar-refractivity contribution in [2.45, 2.75) is 57.3 Å². The number of hydrogen-bond donors (Lipinski definition) is 2. The number of β-amino-alcohol motifs (C(OH)–C–C–N with tert-alkyl or cyclic N) is 1. The minimum Gasteiger partial charge on any atom is -0.472 e. The predicted octanol–water partition coefficient (Wildman–Crippen LogP) is 1.73. The maximum Gasteiger partial charge on any atom is 0.322 e. The summed E-state index contributed by atoms with van der Waals surface area (Å²) in [4.78, 5) is 14.4. The van der Waals surface area contributed by atoms with Gasteiger partial charge in [-0.3, -0.25) is 4.68 Å². The minimum atomic E-state index is -0.425. The van der Waals surface area contributed by atoms with Crippen molar-refractivity contribution in [3.63, 3.8) is 0 Å². The maximum absolute atomic E-state index is 12.6. The van der Waals surface area contributed by atoms with Gasteiger partial charge in [0.05, 0.1) is 18.4 Å². The first-order valence-corrected chi connectivity index (χ1v) is 7.87. The van der Waals surface area contributed by atoms with Crippen LogP contribution in [0.3, 0.4) is 0 Å². The summed E-state index contributed by atoms with van der Waals surface area (Å²) in [5.74, 6) is 0.424. The van der Waals surface area contributed by atoms with Crippen molar-refractivity contribution >= 4 is 11.7 Å². The Bertz CT molecular complexity index is 565. The van der Waals surface area contributed by atoms with Crippen LogP contribution in [-0.4, -0.2) is 50.1 Å². The normalized spacial score (nSPS) is 23.0. The number of amides is 2. The van der Waals surface area contributed by atoms with Crippen LogP contribution in [0, 0.1) is 0 Å². The van der Waals surface area contributed by atoms with E-state index in [9.17, 15) is 9.90 Å². The van der Waals surface area contributed by atoms with Gasteiger partial charge in [-0.1, -0.05) is 0 Å². The molecule has 1 aromatic rings. The molecule has 0 radical (unpaired) electrons. The van der Waals surface area contributed by atoms with Crippen LogP contribution in [-0.2, 0) is 7.05 Å². The highest BCUT2D eigenvalue weighted by Crippen LogP contribution is 2.45. The Morgan fingerprint density at radius 3 is 2.86 bits per heavy atom. The van der Waals surface area contributed by atoms with Crippen LogP contribution in [0.1, 0.15) is 39.5 Å². The van der Waals surface area contributed by atoms with E-state index in [0.717, 1.165) is 19.3 Å². The van der Waals surface area contributed by atoms with Crippen molar-refractivity contribution in [3.05, 3.63) is 6.20 Å². The maximum atomic E-state index is 12.6. The molecule has 7 heteroatoms. The molecule has 1 aliphatic carbocycles. The van der Waals surface area contributed by atoms with Crippen molar-refractivity contribution in [3.8, 4) is 5.88 Å². The first-order chi connectivity index (χ1) is 10.4. The Morgan fingerprint density at radius 1 is 1.55 bits per heavy atom. The zero-order valence-corrected chi connectivity index (χ0v) is 13.4. The molecule has 1 aliphatic heterocycles. The summed E-state index contributed by atoms with van der Waals surface area (Å²) in [6, 6.07) is -0.183. The summed E-state index contributed by atoms with van der Waals surface area (Å²) < 4.78 is 7.24. The van der Waals surface area contributed by atoms with E-state index < -0.39 is 6.10 Å². The number of aliphatic hydroxyl groups excluding tert-OH is 1. The topological polar surface area (TPSA) is 79.6 Å². The van der Waals surface area contributed by atoms with Crippen LogP contribution in [0.4, 0.5) is 10.5 Å². The molecule has 3 rings (SSSR count). The first kappa shape index (κ1) is 15.1. The number of anilines is 1. The van der Waals surface area contributed by atoms with Crippen molar-refractivity contribution in [1.29, 1.82) is 0 Å². The van der Waals surface area contributed by atoms with Crippen LogP contribution in [0.15, 0.2) is 6.20 Å². The van der Waals surface area contributed by atoms with E-state index in [1.54, 1.807) is 22.8 Å². The average molecular weight is 308 g/mol. The molecule has 0 bridgehead atoms. The van der Waals surface area contributed by atoms with Crippen LogP contribution >= 0.6 is 0 Å². The quantitative estimate of drug-likeness (QED) is 0.891. The van der Waals surface area contributed by atoms with E-state index in [4.69, 9.17) is 4.74 Å². The van der Waals surface area contributed by atoms with Gasteiger partial charge < -0.3 is 20.1 Å². The van der Waals surface area contributed by atoms with E-state index in [-0.39, 0.29) is 17.7 Å². The van der Waals surface area contributed by atoms with Gasteiger partial charge in [0.25, 0.3) is 5.88 Å². The van der Waals surface area contributed by atoms with Gasteiger partial charge in [-0.15, -0.1) is 5.10 Å². The van der Waals surface area contributed by atoms with Crippen molar-refractivity contribution in [2.75, 3.05) is 11.9 Å². The third-order valence-corrected chi connectivity index (χ3v) is 4.49. The molecular formula is C15H24N4O3. The molecule has 2 aliphatic rings. The monoisotopic (exact) mass is 308 g/mol. The molecule has 0 aromatic carbocycles. The Balaban J connectivity index is 1.74. The predicted molar refractivity (Wildman–Crippen MR) is 81.9 cm³/mol. The molecule has 2 fully saturated rings. The standard InChI is InChI=1S/C15H24N4O3/c1-10(2)22-13-12(9-18(3)17-13)16-14(21)19-8-11(20)7-15(19)5-4-6-15/h9-11,20H,4-8H2,1-3H3,(H,16,21). The van der Waals surface area contributed by atoms with Gasteiger partial charge >= 0.3 is 6.03 Å². The van der Waals surface area contributed by atoms with Crippen LogP contribution in [0.5, 0.6) is 5.88 Å². The van der Waals surface area contributed by atoms with Gasteiger partial charge in [0.1, 0.15) is 5.69 Å². The Morgan fingerprint density at radius 2 is 2.27 bits per heavy atom. The van der Waals surface area contributed by atoms with Gasteiger partial charge in [-0.05, 0) is 39.5 Å². The zero-order valence-electron chi connectivity index (χ0n) is 13.4. The van der Waals surface area contributed by atoms with E-state index in [1.807, 2.05) is 13.8 Å². The summed E-state index contributed by atoms with van der Waals surface area (Å²) in [5, 5.41) is 17.0. The van der Waals surface area contributed by atoms with E-state index in [0.29, 0.717) is 24.5 Å². The highest BCUT2D eigenvalue weighted by molar-refractivity contribution is 5.91. The van der Waals surface area contributed by atoms with Gasteiger partial charge in [0.15, 0.2) is 0 Å². The molecule has 7 nitrogen and oxygen atoms in total. The molecule has 1 atom stereocenters. The first-order valence-electron chi connectivity index (χ1n) is 7.87. The smallest absolute Gasteiger partial charge is 0.322 e. The zero-order chi connectivity index (χ0) is 15.9. The lowest BCUT2D eigenvalue weighted by molar-refractivity contribution is 0.0868. The Hall–Kier alpha value is -1.76. The highest BCUT2D eigenvalue weighted by atomic mass is 16.5. The summed E-state index contributed by atoms with van der Waals surface area (Å²) in [6.07, 6.45) is 5.03. The van der Waals surface area contributed by atoms with Crippen LogP contribution in [0.25, 0.3) is 0 Å². The number of aliphatic hydroxyl groups is 1. The van der Waals surface area contributed by atoms with Gasteiger partial charge in [-0.25, -0.2) is 4.79 Å². The lowest BCUT2D eigenvalue weighted by Crippen LogP contribution is -2.53. The summed E-state index contributed by atoms with van der Waals surface area (Å²) in [7, 11) is 1.79. The molecule has 1 aromatic heterocycles. The average Bonchev–Trinajstić information content (AvgIpc) is 2.89. The molecule has 1 spiro atoms. The lowest BCUT2D eigenvalue weighted by atomic mass is 9.74. The summed E-state index contributed by atoms with van der Waals surface area (Å²) >= 11 is 0. The van der Waals surface area contributed by atoms with Crippen LogP contribution in [0.2, 0.25) is 0 Å². The minimum absolute atomic E-state index is 0.0165. The van der Waals surface area contributed by atoms with E-state index in [2.05, 4.69) is 10.4 Å². The third-order valence-electron chi connectivity index (χ3n) is 4.49. The van der Waals surface area contributed by atoms with Gasteiger partial charge in [0, 0.05) is 19.1 Å². The van der Waals surface area contributed by atoms with E-state index >= 15 is 0 Å². The number of carbonyl (C=O) groups excluding carboxylic acids is 1. The molecule has 122 valence electrons. The number of aromatic nitrogens is 2. The van der Waals surface area contributed by atoms with Crippen molar-refractivity contribution in [2.24, 2.45) is 7.05 Å². The molecular weight excluding hydrogens is 284 g/mol. The Labute approximate surface area is 130 Å². The molecule has 1 saturated carbocycles. The van der Waals surface area contributed by atoms with E-state index in [1.165, 1.54) is 0 Å². The number of rotatable bonds is 3. The number of hydrogen-bond acceptors (Lipinski definition) is 4. The second-order valence-corrected chi connectivity index (χ2v) is 6.66. The fraction of sp³-hybridized carbons (Fsp3) is 0.733. The molecule has 1 unspecified atom stereocenters. The van der Waals surface area contributed by atoms with Gasteiger partial charge in [-0.2, -0.15) is 0 Å². The Kier molecular flexibility index (Phi) is 3.76. The molecule has 2 amide bonds. The largest absolute Gasteiger partial charge is 0.472 e. The van der Waals surface area contributed by atoms with Gasteiger partial charge in [0.2, 0.25) is 0 Å². The van der Waals surface area contributed by atoms with Crippen LogP contribution < -0.4 is 10.1 Å². The number of likely N-dealkylation sites (tertiary alicyclic amines) is 1. The number of carbonyl (C=O) groups is 1. The highest BCUT2D eigenvalue weighted by Gasteiger charge is 2.51. The number of urea groups is 1. The SMILES string of the molecule is CC(C)Oc1nn(C)cc1NC(=O)N1CC(O)CC12CCC2.